The predicted molar refractivity (Wildman–Crippen MR) is 111 cm³/mol. The Kier molecular flexibility index (Phi) is 8.76. The van der Waals surface area contributed by atoms with Gasteiger partial charge in [0, 0.05) is 38.4 Å². The molecule has 7 heteroatoms. The number of aliphatic hydroxyl groups excluding tert-OH is 1. The average Bonchev–Trinajstić information content (AvgIpc) is 3.01. The molecule has 1 unspecified atom stereocenters. The third kappa shape index (κ3) is 6.51. The minimum atomic E-state index is -0.542. The van der Waals surface area contributed by atoms with Crippen LogP contribution in [0, 0.1) is 6.92 Å². The summed E-state index contributed by atoms with van der Waals surface area (Å²) in [6.07, 6.45) is 1.49. The number of aromatic nitrogens is 2. The van der Waals surface area contributed by atoms with Crippen molar-refractivity contribution in [3.8, 4) is 11.5 Å². The fourth-order valence-corrected chi connectivity index (χ4v) is 3.13. The zero-order valence-corrected chi connectivity index (χ0v) is 17.7. The van der Waals surface area contributed by atoms with Crippen molar-refractivity contribution in [1.29, 1.82) is 0 Å². The van der Waals surface area contributed by atoms with E-state index in [2.05, 4.69) is 29.2 Å². The number of hydrogen-bond acceptors (Lipinski definition) is 6. The summed E-state index contributed by atoms with van der Waals surface area (Å²) >= 11 is 0. The van der Waals surface area contributed by atoms with Crippen LogP contribution in [-0.4, -0.2) is 59.2 Å². The first-order valence-electron chi connectivity index (χ1n) is 9.86. The number of nitrogens with zero attached hydrogens (tertiary/aromatic N) is 3. The van der Waals surface area contributed by atoms with E-state index in [1.54, 1.807) is 7.11 Å². The summed E-state index contributed by atoms with van der Waals surface area (Å²) in [5, 5.41) is 18.0. The molecule has 2 N–H and O–H groups in total. The number of benzene rings is 1. The predicted octanol–water partition coefficient (Wildman–Crippen LogP) is 2.11. The lowest BCUT2D eigenvalue weighted by Crippen LogP contribution is -2.35. The van der Waals surface area contributed by atoms with Crippen LogP contribution >= 0.6 is 0 Å². The van der Waals surface area contributed by atoms with Crippen LogP contribution in [0.25, 0.3) is 0 Å². The molecule has 0 aliphatic heterocycles. The van der Waals surface area contributed by atoms with Crippen molar-refractivity contribution in [1.82, 2.24) is 20.0 Å². The number of rotatable bonds is 12. The quantitative estimate of drug-likeness (QED) is 0.578. The van der Waals surface area contributed by atoms with Gasteiger partial charge in [-0.1, -0.05) is 19.9 Å². The summed E-state index contributed by atoms with van der Waals surface area (Å²) in [7, 11) is 3.55. The number of ether oxygens (including phenoxy) is 2. The molecule has 7 nitrogen and oxygen atoms in total. The molecule has 0 fully saturated rings. The largest absolute Gasteiger partial charge is 0.493 e. The molecule has 0 spiro atoms. The third-order valence-electron chi connectivity index (χ3n) is 4.78. The summed E-state index contributed by atoms with van der Waals surface area (Å²) in [6.45, 7) is 10.3. The molecule has 0 aliphatic rings. The highest BCUT2D eigenvalue weighted by molar-refractivity contribution is 5.43. The van der Waals surface area contributed by atoms with Crippen LogP contribution in [0.4, 0.5) is 0 Å². The molecule has 1 heterocycles. The Hall–Kier alpha value is -2.09. The highest BCUT2D eigenvalue weighted by atomic mass is 16.5. The fraction of sp³-hybridized carbons (Fsp3) is 0.571. The zero-order chi connectivity index (χ0) is 20.5. The molecular weight excluding hydrogens is 356 g/mol. The van der Waals surface area contributed by atoms with E-state index in [1.165, 1.54) is 5.56 Å². The van der Waals surface area contributed by atoms with Gasteiger partial charge in [-0.15, -0.1) is 0 Å². The Labute approximate surface area is 168 Å². The maximum atomic E-state index is 10.2. The van der Waals surface area contributed by atoms with Crippen molar-refractivity contribution in [3.05, 3.63) is 41.2 Å². The Morgan fingerprint density at radius 2 is 1.96 bits per heavy atom. The van der Waals surface area contributed by atoms with Gasteiger partial charge < -0.3 is 24.8 Å². The highest BCUT2D eigenvalue weighted by Crippen LogP contribution is 2.28. The molecular formula is C21H34N4O3. The van der Waals surface area contributed by atoms with E-state index in [4.69, 9.17) is 9.47 Å². The molecule has 2 aromatic rings. The molecule has 0 bridgehead atoms. The second-order valence-electron chi connectivity index (χ2n) is 6.95. The van der Waals surface area contributed by atoms with E-state index in [1.807, 2.05) is 43.0 Å². The van der Waals surface area contributed by atoms with Crippen molar-refractivity contribution < 1.29 is 14.6 Å². The smallest absolute Gasteiger partial charge is 0.161 e. The molecule has 1 atom stereocenters. The van der Waals surface area contributed by atoms with Gasteiger partial charge in [0.1, 0.15) is 12.7 Å². The summed E-state index contributed by atoms with van der Waals surface area (Å²) in [4.78, 5) is 2.17. The normalized spacial score (nSPS) is 12.4. The summed E-state index contributed by atoms with van der Waals surface area (Å²) in [6, 6.07) is 5.88. The third-order valence-corrected chi connectivity index (χ3v) is 4.78. The van der Waals surface area contributed by atoms with Gasteiger partial charge in [-0.3, -0.25) is 4.68 Å². The average molecular weight is 391 g/mol. The minimum absolute atomic E-state index is 0.235. The Morgan fingerprint density at radius 3 is 2.57 bits per heavy atom. The van der Waals surface area contributed by atoms with Gasteiger partial charge in [0.25, 0.3) is 0 Å². The standard InChI is InChI=1S/C21H34N4O3/c1-6-25(7-2)14-19(26)15-28-21-10-17(8-9-20(21)27-5)11-22-12-18-13-24(4)23-16(18)3/h8-10,13,19,22,26H,6-7,11-12,14-15H2,1-5H3. The molecule has 0 radical (unpaired) electrons. The molecule has 0 saturated heterocycles. The van der Waals surface area contributed by atoms with Crippen LogP contribution in [0.15, 0.2) is 24.4 Å². The van der Waals surface area contributed by atoms with Crippen LogP contribution in [0.3, 0.4) is 0 Å². The van der Waals surface area contributed by atoms with Crippen LogP contribution in [0.5, 0.6) is 11.5 Å². The van der Waals surface area contributed by atoms with Crippen LogP contribution in [-0.2, 0) is 20.1 Å². The topological polar surface area (TPSA) is 71.8 Å². The number of aryl methyl sites for hydroxylation is 2. The highest BCUT2D eigenvalue weighted by Gasteiger charge is 2.12. The van der Waals surface area contributed by atoms with E-state index < -0.39 is 6.10 Å². The fourth-order valence-electron chi connectivity index (χ4n) is 3.13. The van der Waals surface area contributed by atoms with E-state index in [0.29, 0.717) is 24.6 Å². The van der Waals surface area contributed by atoms with Crippen LogP contribution < -0.4 is 14.8 Å². The minimum Gasteiger partial charge on any atom is -0.493 e. The van der Waals surface area contributed by atoms with Gasteiger partial charge in [-0.25, -0.2) is 0 Å². The first-order chi connectivity index (χ1) is 13.5. The second-order valence-corrected chi connectivity index (χ2v) is 6.95. The number of methoxy groups -OCH3 is 1. The summed E-state index contributed by atoms with van der Waals surface area (Å²) < 4.78 is 13.1. The van der Waals surface area contributed by atoms with Crippen LogP contribution in [0.1, 0.15) is 30.7 Å². The molecule has 2 rings (SSSR count). The van der Waals surface area contributed by atoms with Crippen molar-refractivity contribution in [2.45, 2.75) is 40.0 Å². The summed E-state index contributed by atoms with van der Waals surface area (Å²) in [5.41, 5.74) is 3.32. The molecule has 0 amide bonds. The lowest BCUT2D eigenvalue weighted by atomic mass is 10.2. The van der Waals surface area contributed by atoms with Gasteiger partial charge >= 0.3 is 0 Å². The van der Waals surface area contributed by atoms with E-state index in [9.17, 15) is 5.11 Å². The lowest BCUT2D eigenvalue weighted by molar-refractivity contribution is 0.0705. The zero-order valence-electron chi connectivity index (χ0n) is 17.7. The number of hydrogen-bond donors (Lipinski definition) is 2. The molecule has 1 aromatic heterocycles. The second kappa shape index (κ2) is 11.0. The van der Waals surface area contributed by atoms with E-state index >= 15 is 0 Å². The van der Waals surface area contributed by atoms with E-state index in [-0.39, 0.29) is 6.61 Å². The first-order valence-corrected chi connectivity index (χ1v) is 9.86. The number of nitrogens with one attached hydrogen (secondary N) is 1. The molecule has 0 aliphatic carbocycles. The van der Waals surface area contributed by atoms with Crippen molar-refractivity contribution in [2.75, 3.05) is 33.4 Å². The number of aliphatic hydroxyl groups is 1. The Morgan fingerprint density at radius 1 is 1.21 bits per heavy atom. The molecule has 156 valence electrons. The first kappa shape index (κ1) is 22.2. The maximum Gasteiger partial charge on any atom is 0.161 e. The SMILES string of the molecule is CCN(CC)CC(O)COc1cc(CNCc2cn(C)nc2C)ccc1OC. The lowest BCUT2D eigenvalue weighted by Gasteiger charge is -2.22. The van der Waals surface area contributed by atoms with Crippen molar-refractivity contribution in [3.63, 3.8) is 0 Å². The Balaban J connectivity index is 1.92. The van der Waals surface area contributed by atoms with Crippen molar-refractivity contribution in [2.24, 2.45) is 7.05 Å². The van der Waals surface area contributed by atoms with Gasteiger partial charge in [-0.2, -0.15) is 5.10 Å². The van der Waals surface area contributed by atoms with Crippen LogP contribution in [0.2, 0.25) is 0 Å². The molecule has 28 heavy (non-hydrogen) atoms. The van der Waals surface area contributed by atoms with E-state index in [0.717, 1.165) is 30.9 Å². The molecule has 1 aromatic carbocycles. The van der Waals surface area contributed by atoms with Crippen molar-refractivity contribution >= 4 is 0 Å². The molecule has 0 saturated carbocycles. The summed E-state index contributed by atoms with van der Waals surface area (Å²) in [5.74, 6) is 1.32. The Bertz CT molecular complexity index is 728. The van der Waals surface area contributed by atoms with Gasteiger partial charge in [0.05, 0.1) is 12.8 Å². The van der Waals surface area contributed by atoms with Gasteiger partial charge in [-0.05, 0) is 37.7 Å². The monoisotopic (exact) mass is 390 g/mol. The maximum absolute atomic E-state index is 10.2. The van der Waals surface area contributed by atoms with Gasteiger partial charge in [0.2, 0.25) is 0 Å². The number of likely N-dealkylation sites (N-methyl/N-ethyl adjacent to an activating group) is 1. The van der Waals surface area contributed by atoms with Gasteiger partial charge in [0.15, 0.2) is 11.5 Å².